The summed E-state index contributed by atoms with van der Waals surface area (Å²) in [6.45, 7) is 3.15. The van der Waals surface area contributed by atoms with Crippen molar-refractivity contribution in [3.8, 4) is 0 Å². The van der Waals surface area contributed by atoms with Gasteiger partial charge in [-0.2, -0.15) is 0 Å². The van der Waals surface area contributed by atoms with Gasteiger partial charge in [-0.05, 0) is 38.0 Å². The molecule has 31 heavy (non-hydrogen) atoms. The molecule has 1 atom stereocenters. The zero-order valence-electron chi connectivity index (χ0n) is 17.3. The summed E-state index contributed by atoms with van der Waals surface area (Å²) in [5.41, 5.74) is 1.87. The van der Waals surface area contributed by atoms with Crippen LogP contribution in [0.5, 0.6) is 0 Å². The second-order valence-electron chi connectivity index (χ2n) is 7.90. The Kier molecular flexibility index (Phi) is 5.03. The van der Waals surface area contributed by atoms with Crippen molar-refractivity contribution in [2.45, 2.75) is 32.4 Å². The quantitative estimate of drug-likeness (QED) is 0.534. The zero-order valence-corrected chi connectivity index (χ0v) is 17.3. The van der Waals surface area contributed by atoms with Gasteiger partial charge in [0, 0.05) is 24.1 Å². The summed E-state index contributed by atoms with van der Waals surface area (Å²) in [7, 11) is 0. The first kappa shape index (κ1) is 19.5. The maximum Gasteiger partial charge on any atom is 0.290 e. The van der Waals surface area contributed by atoms with Crippen LogP contribution in [-0.2, 0) is 11.3 Å². The largest absolute Gasteiger partial charge is 0.451 e. The lowest BCUT2D eigenvalue weighted by atomic mass is 10.1. The third-order valence-electron chi connectivity index (χ3n) is 5.78. The monoisotopic (exact) mass is 417 g/mol. The lowest BCUT2D eigenvalue weighted by Gasteiger charge is -2.24. The van der Waals surface area contributed by atoms with Gasteiger partial charge in [0.1, 0.15) is 11.4 Å². The van der Waals surface area contributed by atoms with Crippen LogP contribution in [0.2, 0.25) is 0 Å². The van der Waals surface area contributed by atoms with Crippen LogP contribution in [0.3, 0.4) is 0 Å². The van der Waals surface area contributed by atoms with Crippen LogP contribution in [0.15, 0.2) is 57.7 Å². The molecule has 3 heterocycles. The number of amides is 1. The highest BCUT2D eigenvalue weighted by Gasteiger charge is 2.28. The van der Waals surface area contributed by atoms with E-state index in [0.29, 0.717) is 41.2 Å². The molecule has 0 radical (unpaired) electrons. The predicted molar refractivity (Wildman–Crippen MR) is 117 cm³/mol. The molecule has 7 nitrogen and oxygen atoms in total. The van der Waals surface area contributed by atoms with E-state index >= 15 is 0 Å². The number of para-hydroxylation sites is 2. The van der Waals surface area contributed by atoms with Gasteiger partial charge in [-0.1, -0.05) is 30.3 Å². The normalized spacial score (nSPS) is 16.2. The van der Waals surface area contributed by atoms with Crippen LogP contribution in [0.25, 0.3) is 21.9 Å². The van der Waals surface area contributed by atoms with Crippen molar-refractivity contribution in [3.63, 3.8) is 0 Å². The molecule has 7 heteroatoms. The maximum atomic E-state index is 13.5. The van der Waals surface area contributed by atoms with Crippen molar-refractivity contribution < 1.29 is 13.9 Å². The number of aryl methyl sites for hydroxylation is 1. The van der Waals surface area contributed by atoms with Crippen molar-refractivity contribution in [1.82, 2.24) is 14.9 Å². The lowest BCUT2D eigenvalue weighted by molar-refractivity contribution is 0.0479. The molecule has 0 bridgehead atoms. The maximum absolute atomic E-state index is 13.5. The number of fused-ring (bicyclic) bond motifs is 2. The number of carbonyl (C=O) groups is 1. The Morgan fingerprint density at radius 2 is 1.94 bits per heavy atom. The Bertz CT molecular complexity index is 1320. The zero-order chi connectivity index (χ0) is 21.4. The van der Waals surface area contributed by atoms with Crippen molar-refractivity contribution in [2.75, 3.05) is 13.2 Å². The number of benzene rings is 2. The average Bonchev–Trinajstić information content (AvgIpc) is 3.41. The summed E-state index contributed by atoms with van der Waals surface area (Å²) < 4.78 is 11.7. The fourth-order valence-electron chi connectivity index (χ4n) is 4.17. The van der Waals surface area contributed by atoms with Gasteiger partial charge in [0.05, 0.1) is 23.6 Å². The first-order chi connectivity index (χ1) is 15.1. The number of nitrogens with one attached hydrogen (secondary N) is 1. The first-order valence-electron chi connectivity index (χ1n) is 10.5. The molecule has 2 aromatic heterocycles. The van der Waals surface area contributed by atoms with E-state index < -0.39 is 0 Å². The molecule has 0 unspecified atom stereocenters. The summed E-state index contributed by atoms with van der Waals surface area (Å²) in [5.74, 6) is 0.506. The standard InChI is InChI=1S/C24H23N3O4/c1-15-17-8-3-5-11-20(17)31-22(15)24(29)27(13-16-7-6-12-30-16)14-21-25-19-10-4-2-9-18(19)23(28)26-21/h2-5,8-11,16H,6-7,12-14H2,1H3,(H,25,26,28)/t16-/m1/s1. The van der Waals surface area contributed by atoms with E-state index in [2.05, 4.69) is 9.97 Å². The summed E-state index contributed by atoms with van der Waals surface area (Å²) in [6.07, 6.45) is 1.83. The van der Waals surface area contributed by atoms with Crippen LogP contribution < -0.4 is 5.56 Å². The van der Waals surface area contributed by atoms with Gasteiger partial charge in [0.15, 0.2) is 5.76 Å². The van der Waals surface area contributed by atoms with Gasteiger partial charge in [0.25, 0.3) is 11.5 Å². The van der Waals surface area contributed by atoms with Gasteiger partial charge in [-0.3, -0.25) is 9.59 Å². The van der Waals surface area contributed by atoms with Gasteiger partial charge < -0.3 is 19.0 Å². The van der Waals surface area contributed by atoms with Gasteiger partial charge in [0.2, 0.25) is 0 Å². The van der Waals surface area contributed by atoms with Crippen molar-refractivity contribution in [3.05, 3.63) is 76.0 Å². The fraction of sp³-hybridized carbons (Fsp3) is 0.292. The van der Waals surface area contributed by atoms with E-state index in [1.165, 1.54) is 0 Å². The predicted octanol–water partition coefficient (Wildman–Crippen LogP) is 3.80. The Balaban J connectivity index is 1.51. The minimum absolute atomic E-state index is 0.0409. The highest BCUT2D eigenvalue weighted by atomic mass is 16.5. The molecule has 1 saturated heterocycles. The topological polar surface area (TPSA) is 88.4 Å². The average molecular weight is 417 g/mol. The molecular weight excluding hydrogens is 394 g/mol. The fourth-order valence-corrected chi connectivity index (χ4v) is 4.17. The third-order valence-corrected chi connectivity index (χ3v) is 5.78. The van der Waals surface area contributed by atoms with E-state index in [9.17, 15) is 9.59 Å². The number of furan rings is 1. The summed E-state index contributed by atoms with van der Waals surface area (Å²) in [5, 5.41) is 1.44. The van der Waals surface area contributed by atoms with E-state index in [0.717, 1.165) is 23.8 Å². The molecule has 0 aliphatic carbocycles. The van der Waals surface area contributed by atoms with Crippen molar-refractivity contribution >= 4 is 27.8 Å². The molecule has 2 aromatic carbocycles. The summed E-state index contributed by atoms with van der Waals surface area (Å²) in [4.78, 5) is 35.1. The minimum Gasteiger partial charge on any atom is -0.451 e. The van der Waals surface area contributed by atoms with Crippen LogP contribution in [0.4, 0.5) is 0 Å². The highest BCUT2D eigenvalue weighted by Crippen LogP contribution is 2.27. The number of aromatic amines is 1. The lowest BCUT2D eigenvalue weighted by Crippen LogP contribution is -2.38. The SMILES string of the molecule is Cc1c(C(=O)N(Cc2nc3ccccc3c(=O)[nH]2)C[C@H]2CCCO2)oc2ccccc12. The van der Waals surface area contributed by atoms with Crippen LogP contribution in [-0.4, -0.2) is 40.0 Å². The molecule has 0 saturated carbocycles. The molecule has 158 valence electrons. The minimum atomic E-state index is -0.236. The molecule has 1 N–H and O–H groups in total. The van der Waals surface area contributed by atoms with Crippen molar-refractivity contribution in [2.24, 2.45) is 0 Å². The molecule has 1 aliphatic heterocycles. The van der Waals surface area contributed by atoms with E-state index in [1.807, 2.05) is 37.3 Å². The Labute approximate surface area is 178 Å². The van der Waals surface area contributed by atoms with Crippen LogP contribution >= 0.6 is 0 Å². The van der Waals surface area contributed by atoms with Gasteiger partial charge >= 0.3 is 0 Å². The van der Waals surface area contributed by atoms with Crippen LogP contribution in [0.1, 0.15) is 34.8 Å². The van der Waals surface area contributed by atoms with Crippen LogP contribution in [0, 0.1) is 6.92 Å². The number of hydrogen-bond donors (Lipinski definition) is 1. The number of ether oxygens (including phenoxy) is 1. The number of rotatable bonds is 5. The molecular formula is C24H23N3O4. The molecule has 1 amide bonds. The Morgan fingerprint density at radius 1 is 1.16 bits per heavy atom. The number of carbonyl (C=O) groups excluding carboxylic acids is 1. The molecule has 0 spiro atoms. The van der Waals surface area contributed by atoms with E-state index in [-0.39, 0.29) is 24.1 Å². The molecule has 4 aromatic rings. The highest BCUT2D eigenvalue weighted by molar-refractivity contribution is 5.98. The molecule has 1 fully saturated rings. The second-order valence-corrected chi connectivity index (χ2v) is 7.90. The Hall–Kier alpha value is -3.45. The van der Waals surface area contributed by atoms with Gasteiger partial charge in [-0.15, -0.1) is 0 Å². The number of H-pyrrole nitrogens is 1. The van der Waals surface area contributed by atoms with E-state index in [1.54, 1.807) is 23.1 Å². The molecule has 5 rings (SSSR count). The number of aromatic nitrogens is 2. The molecule has 1 aliphatic rings. The Morgan fingerprint density at radius 3 is 2.71 bits per heavy atom. The summed E-state index contributed by atoms with van der Waals surface area (Å²) in [6, 6.07) is 14.8. The van der Waals surface area contributed by atoms with Gasteiger partial charge in [-0.25, -0.2) is 4.98 Å². The van der Waals surface area contributed by atoms with E-state index in [4.69, 9.17) is 9.15 Å². The summed E-state index contributed by atoms with van der Waals surface area (Å²) >= 11 is 0. The number of nitrogens with zero attached hydrogens (tertiary/aromatic N) is 2. The third kappa shape index (κ3) is 3.72. The van der Waals surface area contributed by atoms with Crippen molar-refractivity contribution in [1.29, 1.82) is 0 Å². The second kappa shape index (κ2) is 8.00. The number of hydrogen-bond acceptors (Lipinski definition) is 5. The first-order valence-corrected chi connectivity index (χ1v) is 10.5. The smallest absolute Gasteiger partial charge is 0.290 e.